The molecular weight excluding hydrogens is 274 g/mol. The minimum Gasteiger partial charge on any atom is -0.487 e. The molecule has 0 aromatic heterocycles. The summed E-state index contributed by atoms with van der Waals surface area (Å²) in [6.07, 6.45) is 5.45. The van der Waals surface area contributed by atoms with Gasteiger partial charge in [-0.1, -0.05) is 18.2 Å². The molecule has 2 aliphatic rings. The number of benzene rings is 1. The van der Waals surface area contributed by atoms with E-state index in [2.05, 4.69) is 43.9 Å². The van der Waals surface area contributed by atoms with Crippen LogP contribution in [0.4, 0.5) is 0 Å². The van der Waals surface area contributed by atoms with E-state index in [9.17, 15) is 0 Å². The summed E-state index contributed by atoms with van der Waals surface area (Å²) in [5.41, 5.74) is 2.81. The van der Waals surface area contributed by atoms with Crippen molar-refractivity contribution < 1.29 is 9.84 Å². The Morgan fingerprint density at radius 1 is 1.27 bits per heavy atom. The van der Waals surface area contributed by atoms with Crippen molar-refractivity contribution in [3.63, 3.8) is 0 Å². The van der Waals surface area contributed by atoms with Crippen molar-refractivity contribution in [3.8, 4) is 5.75 Å². The van der Waals surface area contributed by atoms with Gasteiger partial charge in [0.15, 0.2) is 0 Å². The van der Waals surface area contributed by atoms with Crippen molar-refractivity contribution in [3.05, 3.63) is 29.3 Å². The van der Waals surface area contributed by atoms with Crippen LogP contribution in [-0.4, -0.2) is 34.3 Å². The number of rotatable bonds is 5. The van der Waals surface area contributed by atoms with Gasteiger partial charge in [-0.05, 0) is 58.6 Å². The number of ether oxygens (including phenoxy) is 1. The lowest BCUT2D eigenvalue weighted by molar-refractivity contribution is 0.115. The first-order valence-electron chi connectivity index (χ1n) is 8.59. The van der Waals surface area contributed by atoms with Gasteiger partial charge in [-0.15, -0.1) is 0 Å². The van der Waals surface area contributed by atoms with Crippen molar-refractivity contribution in [2.24, 2.45) is 0 Å². The highest BCUT2D eigenvalue weighted by Gasteiger charge is 2.37. The van der Waals surface area contributed by atoms with E-state index in [1.807, 2.05) is 0 Å². The van der Waals surface area contributed by atoms with Crippen molar-refractivity contribution in [1.82, 2.24) is 4.90 Å². The van der Waals surface area contributed by atoms with Crippen molar-refractivity contribution in [2.45, 2.75) is 70.6 Å². The Kier molecular flexibility index (Phi) is 4.21. The molecule has 1 aromatic rings. The highest BCUT2D eigenvalue weighted by Crippen LogP contribution is 2.40. The van der Waals surface area contributed by atoms with E-state index in [1.54, 1.807) is 0 Å². The molecule has 1 unspecified atom stereocenters. The third-order valence-electron chi connectivity index (χ3n) is 5.31. The fraction of sp³-hybridized carbons (Fsp3) is 0.684. The zero-order valence-electron chi connectivity index (χ0n) is 14.2. The molecule has 122 valence electrons. The summed E-state index contributed by atoms with van der Waals surface area (Å²) in [6, 6.07) is 6.58. The van der Waals surface area contributed by atoms with Crippen LogP contribution in [0.1, 0.15) is 57.6 Å². The van der Waals surface area contributed by atoms with Crippen LogP contribution in [0.25, 0.3) is 0 Å². The standard InChI is InChI=1S/C19H29NO2/c1-18(2)13-15-7-4-8-16(17(15)22-18)14-20-11-5-9-19(20,3)10-6-12-21/h4,7-8,21H,5-6,9-14H2,1-3H3. The molecule has 1 aromatic carbocycles. The number of aliphatic hydroxyl groups excluding tert-OH is 1. The van der Waals surface area contributed by atoms with Crippen LogP contribution in [0.2, 0.25) is 0 Å². The number of nitrogens with zero attached hydrogens (tertiary/aromatic N) is 1. The lowest BCUT2D eigenvalue weighted by Gasteiger charge is -2.36. The maximum Gasteiger partial charge on any atom is 0.127 e. The van der Waals surface area contributed by atoms with E-state index in [1.165, 1.54) is 24.0 Å². The van der Waals surface area contributed by atoms with Crippen LogP contribution >= 0.6 is 0 Å². The molecule has 1 atom stereocenters. The molecule has 3 rings (SSSR count). The molecule has 2 heterocycles. The third-order valence-corrected chi connectivity index (χ3v) is 5.31. The average Bonchev–Trinajstić information content (AvgIpc) is 2.97. The van der Waals surface area contributed by atoms with Gasteiger partial charge >= 0.3 is 0 Å². The summed E-state index contributed by atoms with van der Waals surface area (Å²) in [5.74, 6) is 1.11. The van der Waals surface area contributed by atoms with Gasteiger partial charge in [0.1, 0.15) is 11.4 Å². The fourth-order valence-electron chi connectivity index (χ4n) is 4.10. The molecule has 22 heavy (non-hydrogen) atoms. The second kappa shape index (κ2) is 5.86. The molecule has 0 amide bonds. The highest BCUT2D eigenvalue weighted by molar-refractivity contribution is 5.45. The number of aliphatic hydroxyl groups is 1. The number of hydrogen-bond acceptors (Lipinski definition) is 3. The molecule has 3 nitrogen and oxygen atoms in total. The van der Waals surface area contributed by atoms with Gasteiger partial charge in [-0.25, -0.2) is 0 Å². The molecule has 0 aliphatic carbocycles. The Hall–Kier alpha value is -1.06. The molecule has 1 N–H and O–H groups in total. The predicted octanol–water partition coefficient (Wildman–Crippen LogP) is 3.53. The van der Waals surface area contributed by atoms with Gasteiger partial charge in [0.25, 0.3) is 0 Å². The minimum absolute atomic E-state index is 0.0797. The monoisotopic (exact) mass is 303 g/mol. The summed E-state index contributed by atoms with van der Waals surface area (Å²) >= 11 is 0. The zero-order valence-corrected chi connectivity index (χ0v) is 14.2. The summed E-state index contributed by atoms with van der Waals surface area (Å²) < 4.78 is 6.22. The normalized spacial score (nSPS) is 26.9. The van der Waals surface area contributed by atoms with Gasteiger partial charge in [0.05, 0.1) is 0 Å². The van der Waals surface area contributed by atoms with Crippen molar-refractivity contribution in [1.29, 1.82) is 0 Å². The fourth-order valence-corrected chi connectivity index (χ4v) is 4.10. The maximum absolute atomic E-state index is 9.16. The van der Waals surface area contributed by atoms with E-state index in [-0.39, 0.29) is 11.1 Å². The van der Waals surface area contributed by atoms with E-state index in [4.69, 9.17) is 9.84 Å². The quantitative estimate of drug-likeness (QED) is 0.903. The van der Waals surface area contributed by atoms with Crippen LogP contribution in [0, 0.1) is 0 Å². The predicted molar refractivity (Wildman–Crippen MR) is 89.2 cm³/mol. The average molecular weight is 303 g/mol. The lowest BCUT2D eigenvalue weighted by atomic mass is 9.92. The van der Waals surface area contributed by atoms with Crippen LogP contribution in [0.5, 0.6) is 5.75 Å². The Bertz CT molecular complexity index is 540. The van der Waals surface area contributed by atoms with Crippen molar-refractivity contribution >= 4 is 0 Å². The maximum atomic E-state index is 9.16. The van der Waals surface area contributed by atoms with Gasteiger partial charge in [-0.2, -0.15) is 0 Å². The Morgan fingerprint density at radius 3 is 2.86 bits per heavy atom. The molecule has 0 radical (unpaired) electrons. The molecule has 3 heteroatoms. The molecule has 0 bridgehead atoms. The molecular formula is C19H29NO2. The smallest absolute Gasteiger partial charge is 0.127 e. The first kappa shape index (κ1) is 15.8. The minimum atomic E-state index is -0.0797. The molecule has 0 saturated carbocycles. The number of para-hydroxylation sites is 1. The van der Waals surface area contributed by atoms with Crippen LogP contribution in [0.3, 0.4) is 0 Å². The number of hydrogen-bond donors (Lipinski definition) is 1. The van der Waals surface area contributed by atoms with Gasteiger partial charge < -0.3 is 9.84 Å². The topological polar surface area (TPSA) is 32.7 Å². The second-order valence-electron chi connectivity index (χ2n) is 7.79. The first-order chi connectivity index (χ1) is 10.4. The molecule has 1 fully saturated rings. The van der Waals surface area contributed by atoms with E-state index >= 15 is 0 Å². The molecule has 0 spiro atoms. The first-order valence-corrected chi connectivity index (χ1v) is 8.59. The Balaban J connectivity index is 1.78. The lowest BCUT2D eigenvalue weighted by Crippen LogP contribution is -2.40. The van der Waals surface area contributed by atoms with E-state index < -0.39 is 0 Å². The van der Waals surface area contributed by atoms with E-state index in [0.29, 0.717) is 6.61 Å². The van der Waals surface area contributed by atoms with Gasteiger partial charge in [-0.3, -0.25) is 4.90 Å². The van der Waals surface area contributed by atoms with Crippen LogP contribution in [0.15, 0.2) is 18.2 Å². The third kappa shape index (κ3) is 3.02. The summed E-state index contributed by atoms with van der Waals surface area (Å²) in [4.78, 5) is 2.59. The zero-order chi connectivity index (χ0) is 15.8. The van der Waals surface area contributed by atoms with Crippen LogP contribution in [-0.2, 0) is 13.0 Å². The molecule has 1 saturated heterocycles. The number of fused-ring (bicyclic) bond motifs is 1. The summed E-state index contributed by atoms with van der Waals surface area (Å²) in [5, 5.41) is 9.16. The summed E-state index contributed by atoms with van der Waals surface area (Å²) in [7, 11) is 0. The molecule has 2 aliphatic heterocycles. The SMILES string of the molecule is CC1(C)Cc2cccc(CN3CCCC3(C)CCCO)c2O1. The Morgan fingerprint density at radius 2 is 2.09 bits per heavy atom. The summed E-state index contributed by atoms with van der Waals surface area (Å²) in [6.45, 7) is 9.08. The highest BCUT2D eigenvalue weighted by atomic mass is 16.5. The van der Waals surface area contributed by atoms with E-state index in [0.717, 1.165) is 38.1 Å². The Labute approximate surface area is 134 Å². The largest absolute Gasteiger partial charge is 0.487 e. The van der Waals surface area contributed by atoms with Crippen molar-refractivity contribution in [2.75, 3.05) is 13.2 Å². The van der Waals surface area contributed by atoms with Crippen LogP contribution < -0.4 is 4.74 Å². The van der Waals surface area contributed by atoms with Gasteiger partial charge in [0, 0.05) is 30.7 Å². The van der Waals surface area contributed by atoms with Gasteiger partial charge in [0.2, 0.25) is 0 Å². The second-order valence-corrected chi connectivity index (χ2v) is 7.79. The number of likely N-dealkylation sites (tertiary alicyclic amines) is 1.